The number of ether oxygens (including phenoxy) is 4. The fourth-order valence-electron chi connectivity index (χ4n) is 12.0. The molecule has 0 heterocycles. The zero-order valence-corrected chi connectivity index (χ0v) is 66.2. The minimum absolute atomic E-state index is 0.105. The topological polar surface area (TPSA) is 237 Å². The highest BCUT2D eigenvalue weighted by Crippen LogP contribution is 2.45. The molecule has 0 radical (unpaired) electrons. The number of phosphoric acid groups is 2. The van der Waals surface area contributed by atoms with Gasteiger partial charge in [-0.2, -0.15) is 0 Å². The smallest absolute Gasteiger partial charge is 0.462 e. The molecule has 0 fully saturated rings. The number of carbonyl (C=O) groups is 4. The Balaban J connectivity index is 5.26. The highest BCUT2D eigenvalue weighted by atomic mass is 31.2. The van der Waals surface area contributed by atoms with Crippen molar-refractivity contribution < 1.29 is 80.2 Å². The lowest BCUT2D eigenvalue weighted by molar-refractivity contribution is -0.161. The minimum Gasteiger partial charge on any atom is -0.462 e. The highest BCUT2D eigenvalue weighted by Gasteiger charge is 2.30. The molecule has 0 spiro atoms. The number of hydrogen-bond donors (Lipinski definition) is 3. The summed E-state index contributed by atoms with van der Waals surface area (Å²) < 4.78 is 68.6. The first-order chi connectivity index (χ1) is 47.2. The molecular weight excluding hydrogens is 1280 g/mol. The van der Waals surface area contributed by atoms with Gasteiger partial charge >= 0.3 is 39.5 Å². The number of hydrogen-bond acceptors (Lipinski definition) is 15. The van der Waals surface area contributed by atoms with Crippen LogP contribution in [0.4, 0.5) is 0 Å². The predicted octanol–water partition coefficient (Wildman–Crippen LogP) is 23.2. The van der Waals surface area contributed by atoms with Crippen LogP contribution < -0.4 is 0 Å². The number of aliphatic hydroxyl groups excluding tert-OH is 1. The van der Waals surface area contributed by atoms with E-state index in [1.54, 1.807) is 0 Å². The van der Waals surface area contributed by atoms with Gasteiger partial charge in [-0.3, -0.25) is 37.3 Å². The van der Waals surface area contributed by atoms with Gasteiger partial charge in [-0.1, -0.05) is 351 Å². The molecule has 0 aromatic carbocycles. The van der Waals surface area contributed by atoms with E-state index in [0.717, 1.165) is 114 Å². The molecule has 0 saturated heterocycles. The maximum Gasteiger partial charge on any atom is 0.472 e. The number of rotatable bonds is 76. The van der Waals surface area contributed by atoms with E-state index in [4.69, 9.17) is 37.0 Å². The van der Waals surface area contributed by atoms with E-state index in [2.05, 4.69) is 55.4 Å². The van der Waals surface area contributed by atoms with Gasteiger partial charge in [0.2, 0.25) is 0 Å². The van der Waals surface area contributed by atoms with Gasteiger partial charge in [0.1, 0.15) is 19.3 Å². The normalized spacial score (nSPS) is 14.6. The van der Waals surface area contributed by atoms with Crippen LogP contribution in [0.1, 0.15) is 402 Å². The lowest BCUT2D eigenvalue weighted by atomic mass is 9.99. The third kappa shape index (κ3) is 69.8. The maximum absolute atomic E-state index is 13.1. The average Bonchev–Trinajstić information content (AvgIpc) is 1.03. The largest absolute Gasteiger partial charge is 0.472 e. The molecule has 0 aromatic rings. The van der Waals surface area contributed by atoms with Crippen molar-refractivity contribution in [1.82, 2.24) is 0 Å². The molecule has 7 atom stereocenters. The Bertz CT molecular complexity index is 1920. The molecular formula is C79H154O17P2. The van der Waals surface area contributed by atoms with Crippen LogP contribution in [0.15, 0.2) is 0 Å². The first-order valence-electron chi connectivity index (χ1n) is 40.8. The first kappa shape index (κ1) is 96.1. The van der Waals surface area contributed by atoms with E-state index in [1.807, 2.05) is 0 Å². The van der Waals surface area contributed by atoms with E-state index < -0.39 is 97.5 Å². The summed E-state index contributed by atoms with van der Waals surface area (Å²) in [6.07, 6.45) is 54.0. The minimum atomic E-state index is -4.96. The molecule has 0 aliphatic rings. The molecule has 0 aliphatic carbocycles. The van der Waals surface area contributed by atoms with Crippen molar-refractivity contribution in [2.45, 2.75) is 420 Å². The predicted molar refractivity (Wildman–Crippen MR) is 400 cm³/mol. The Hall–Kier alpha value is -1.94. The molecule has 5 unspecified atom stereocenters. The molecule has 3 N–H and O–H groups in total. The number of unbranched alkanes of at least 4 members (excludes halogenated alkanes) is 40. The fraction of sp³-hybridized carbons (Fsp3) is 0.949. The Morgan fingerprint density at radius 3 is 0.724 bits per heavy atom. The highest BCUT2D eigenvalue weighted by molar-refractivity contribution is 7.47. The number of carbonyl (C=O) groups excluding carboxylic acids is 4. The van der Waals surface area contributed by atoms with Gasteiger partial charge in [0.05, 0.1) is 26.4 Å². The van der Waals surface area contributed by atoms with Gasteiger partial charge in [0.15, 0.2) is 12.2 Å². The zero-order chi connectivity index (χ0) is 72.4. The number of esters is 4. The maximum atomic E-state index is 13.1. The third-order valence-corrected chi connectivity index (χ3v) is 20.9. The molecule has 0 aromatic heterocycles. The van der Waals surface area contributed by atoms with Gasteiger partial charge in [-0.15, -0.1) is 0 Å². The Morgan fingerprint density at radius 1 is 0.286 bits per heavy atom. The van der Waals surface area contributed by atoms with Crippen LogP contribution in [0, 0.1) is 23.7 Å². The number of phosphoric ester groups is 2. The van der Waals surface area contributed by atoms with Crippen molar-refractivity contribution >= 4 is 39.5 Å². The molecule has 17 nitrogen and oxygen atoms in total. The second-order valence-electron chi connectivity index (χ2n) is 29.9. The summed E-state index contributed by atoms with van der Waals surface area (Å²) in [5.74, 6) is 1.03. The van der Waals surface area contributed by atoms with Crippen LogP contribution in [0.5, 0.6) is 0 Å². The van der Waals surface area contributed by atoms with Gasteiger partial charge < -0.3 is 33.8 Å². The molecule has 0 rings (SSSR count). The second-order valence-corrected chi connectivity index (χ2v) is 32.8. The van der Waals surface area contributed by atoms with Crippen LogP contribution in [-0.4, -0.2) is 96.7 Å². The molecule has 19 heteroatoms. The molecule has 0 bridgehead atoms. The molecule has 0 saturated carbocycles. The first-order valence-corrected chi connectivity index (χ1v) is 43.8. The summed E-state index contributed by atoms with van der Waals surface area (Å²) in [4.78, 5) is 72.9. The van der Waals surface area contributed by atoms with E-state index in [-0.39, 0.29) is 25.7 Å². The van der Waals surface area contributed by atoms with E-state index in [1.165, 1.54) is 199 Å². The quantitative estimate of drug-likeness (QED) is 0.0222. The summed E-state index contributed by atoms with van der Waals surface area (Å²) >= 11 is 0. The van der Waals surface area contributed by atoms with Crippen LogP contribution in [0.2, 0.25) is 0 Å². The summed E-state index contributed by atoms with van der Waals surface area (Å²) in [7, 11) is -9.92. The SMILES string of the molecule is CCC(C)CCCCCCCCCCCCCCCCC(=O)O[C@H](COC(=O)CCCCCCCCCCCCCCCC(C)C)COP(=O)(O)OCC(O)COP(=O)(O)OC[C@@H](COC(=O)CCCCCCCCCC(C)C)OC(=O)CCCCCCCCCCCCC(C)CC. The van der Waals surface area contributed by atoms with E-state index >= 15 is 0 Å². The van der Waals surface area contributed by atoms with Crippen molar-refractivity contribution in [1.29, 1.82) is 0 Å². The fourth-order valence-corrected chi connectivity index (χ4v) is 13.6. The Labute approximate surface area is 600 Å². The third-order valence-electron chi connectivity index (χ3n) is 19.0. The van der Waals surface area contributed by atoms with Crippen LogP contribution >= 0.6 is 15.6 Å². The van der Waals surface area contributed by atoms with Gasteiger partial charge in [0, 0.05) is 25.7 Å². The van der Waals surface area contributed by atoms with Crippen molar-refractivity contribution in [3.05, 3.63) is 0 Å². The van der Waals surface area contributed by atoms with Gasteiger partial charge in [-0.05, 0) is 49.4 Å². The van der Waals surface area contributed by atoms with Crippen LogP contribution in [0.3, 0.4) is 0 Å². The summed E-state index contributed by atoms with van der Waals surface area (Å²) in [5, 5.41) is 10.6. The van der Waals surface area contributed by atoms with Crippen molar-refractivity contribution in [3.63, 3.8) is 0 Å². The van der Waals surface area contributed by atoms with Crippen molar-refractivity contribution in [3.8, 4) is 0 Å². The zero-order valence-electron chi connectivity index (χ0n) is 64.4. The summed E-state index contributed by atoms with van der Waals surface area (Å²) in [6.45, 7) is 14.3. The standard InChI is InChI=1S/C79H154O17P2/c1-9-71(7)57-49-41-33-25-19-15-11-12-16-21-28-36-45-53-61-78(83)95-74(65-89-76(81)59-51-43-35-27-20-17-13-14-18-24-31-39-47-55-69(3)4)67-93-97(85,86)91-63-73(80)64-92-98(87,88)94-68-75(66-90-77(82)60-52-44-38-30-32-40-48-56-70(5)6)96-79(84)62-54-46-37-29-23-22-26-34-42-50-58-72(8)10-2/h69-75,80H,9-68H2,1-8H3,(H,85,86)(H,87,88)/t71?,72?,73?,74-,75-/m1/s1. The van der Waals surface area contributed by atoms with Crippen molar-refractivity contribution in [2.24, 2.45) is 23.7 Å². The molecule has 98 heavy (non-hydrogen) atoms. The Kier molecular flexibility index (Phi) is 66.8. The lowest BCUT2D eigenvalue weighted by Crippen LogP contribution is -2.30. The van der Waals surface area contributed by atoms with Gasteiger partial charge in [0.25, 0.3) is 0 Å². The van der Waals surface area contributed by atoms with E-state index in [0.29, 0.717) is 31.6 Å². The average molecular weight is 1440 g/mol. The lowest BCUT2D eigenvalue weighted by Gasteiger charge is -2.21. The Morgan fingerprint density at radius 2 is 0.490 bits per heavy atom. The summed E-state index contributed by atoms with van der Waals surface area (Å²) in [5.41, 5.74) is 0. The van der Waals surface area contributed by atoms with E-state index in [9.17, 15) is 43.2 Å². The molecule has 582 valence electrons. The van der Waals surface area contributed by atoms with Crippen LogP contribution in [0.25, 0.3) is 0 Å². The summed E-state index contributed by atoms with van der Waals surface area (Å²) in [6, 6.07) is 0. The van der Waals surface area contributed by atoms with Crippen molar-refractivity contribution in [2.75, 3.05) is 39.6 Å². The van der Waals surface area contributed by atoms with Gasteiger partial charge in [-0.25, -0.2) is 9.13 Å². The number of aliphatic hydroxyl groups is 1. The monoisotopic (exact) mass is 1440 g/mol. The molecule has 0 amide bonds. The molecule has 0 aliphatic heterocycles. The van der Waals surface area contributed by atoms with Crippen LogP contribution in [-0.2, 0) is 65.4 Å². The second kappa shape index (κ2) is 68.2.